The van der Waals surface area contributed by atoms with Crippen molar-refractivity contribution >= 4 is 134 Å². The summed E-state index contributed by atoms with van der Waals surface area (Å²) in [7, 11) is 0. The summed E-state index contributed by atoms with van der Waals surface area (Å²) >= 11 is 1.01. The maximum absolute atomic E-state index is 2.39. The Morgan fingerprint density at radius 3 is 0.800 bits per heavy atom. The van der Waals surface area contributed by atoms with Crippen LogP contribution in [0.1, 0.15) is 0 Å². The van der Waals surface area contributed by atoms with Gasteiger partial charge in [0, 0.05) is 0 Å². The van der Waals surface area contributed by atoms with Gasteiger partial charge in [0.1, 0.15) is 0 Å². The Labute approximate surface area is 452 Å². The molecule has 0 radical (unpaired) electrons. The van der Waals surface area contributed by atoms with Crippen LogP contribution in [0.4, 0.5) is 0 Å². The van der Waals surface area contributed by atoms with Crippen LogP contribution in [0.15, 0.2) is 267 Å². The van der Waals surface area contributed by atoms with Crippen molar-refractivity contribution in [2.45, 2.75) is 0 Å². The third kappa shape index (κ3) is 7.70. The van der Waals surface area contributed by atoms with Crippen LogP contribution in [0.25, 0.3) is 146 Å². The second-order valence-electron chi connectivity index (χ2n) is 19.4. The molecule has 16 rings (SSSR count). The van der Waals surface area contributed by atoms with E-state index in [0.29, 0.717) is 43.5 Å². The fourth-order valence-corrected chi connectivity index (χ4v) is 19.4. The first kappa shape index (κ1) is 44.7. The van der Waals surface area contributed by atoms with Gasteiger partial charge in [-0.15, -0.1) is 0 Å². The zero-order valence-corrected chi connectivity index (χ0v) is 45.8. The van der Waals surface area contributed by atoms with Gasteiger partial charge in [-0.25, -0.2) is 0 Å². The topological polar surface area (TPSA) is 0 Å². The molecule has 350 valence electrons. The molecule has 13 aromatic carbocycles. The van der Waals surface area contributed by atoms with Gasteiger partial charge in [-0.2, -0.15) is 0 Å². The van der Waals surface area contributed by atoms with Gasteiger partial charge in [0.05, 0.1) is 0 Å². The van der Waals surface area contributed by atoms with Crippen LogP contribution in [0, 0.1) is 0 Å². The van der Waals surface area contributed by atoms with Crippen molar-refractivity contribution in [3.05, 3.63) is 267 Å². The average Bonchev–Trinajstić information content (AvgIpc) is 4.19. The summed E-state index contributed by atoms with van der Waals surface area (Å²) in [5, 5.41) is 16.4. The van der Waals surface area contributed by atoms with Gasteiger partial charge in [-0.3, -0.25) is 0 Å². The van der Waals surface area contributed by atoms with E-state index in [4.69, 9.17) is 0 Å². The molecule has 16 aromatic rings. The van der Waals surface area contributed by atoms with Crippen LogP contribution < -0.4 is 0 Å². The summed E-state index contributed by atoms with van der Waals surface area (Å²) in [5.74, 6) is 0. The molecule has 0 atom stereocenters. The van der Waals surface area contributed by atoms with Crippen molar-refractivity contribution in [3.63, 3.8) is 0 Å². The van der Waals surface area contributed by atoms with E-state index in [1.165, 1.54) is 146 Å². The molecule has 0 fully saturated rings. The Kier molecular flexibility index (Phi) is 11.0. The molecule has 0 unspecified atom stereocenters. The molecule has 0 aliphatic rings. The summed E-state index contributed by atoms with van der Waals surface area (Å²) in [5.41, 5.74) is 13.1. The Balaban J connectivity index is 0.000000132. The van der Waals surface area contributed by atoms with Crippen LogP contribution >= 0.6 is 0 Å². The molecular formula is C72H44Se3. The zero-order valence-electron chi connectivity index (χ0n) is 40.6. The first-order valence-corrected chi connectivity index (χ1v) is 30.7. The molecule has 0 aliphatic heterocycles. The first-order valence-electron chi connectivity index (χ1n) is 25.5. The second kappa shape index (κ2) is 18.5. The normalized spacial score (nSPS) is 11.7. The first-order chi connectivity index (χ1) is 37.2. The standard InChI is InChI=1S/C36H22Se2.C36H22Se/c1-3-19-33-29(13-1)31-17-7-15-27(35(31)37-33)25-11-5-9-23(21-25)24-10-6-12-26(22-24)28-16-8-18-32-30-14-2-4-20-34(30)38-36(28)32;1-2-13-29-27(11-1)28-12-3-4-14-30(28)34-22-24(19-20-31(29)34)23-9-7-10-25(21-23)26-16-8-17-33-32-15-5-6-18-35(32)37-36(26)33/h1-22H;1-22H. The van der Waals surface area contributed by atoms with E-state index in [1.807, 2.05) is 0 Å². The predicted molar refractivity (Wildman–Crippen MR) is 328 cm³/mol. The molecule has 0 saturated carbocycles. The maximum atomic E-state index is 2.39. The van der Waals surface area contributed by atoms with E-state index in [-0.39, 0.29) is 0 Å². The fraction of sp³-hybridized carbons (Fsp3) is 0. The van der Waals surface area contributed by atoms with Gasteiger partial charge in [0.15, 0.2) is 0 Å². The number of rotatable bonds is 5. The summed E-state index contributed by atoms with van der Waals surface area (Å²) in [6.07, 6.45) is 0. The molecule has 0 amide bonds. The van der Waals surface area contributed by atoms with E-state index in [9.17, 15) is 0 Å². The molecule has 75 heavy (non-hydrogen) atoms. The van der Waals surface area contributed by atoms with Crippen molar-refractivity contribution in [1.82, 2.24) is 0 Å². The zero-order chi connectivity index (χ0) is 49.4. The fourth-order valence-electron chi connectivity index (χ4n) is 11.6. The van der Waals surface area contributed by atoms with Crippen molar-refractivity contribution in [1.29, 1.82) is 0 Å². The molecule has 0 aliphatic carbocycles. The van der Waals surface area contributed by atoms with Gasteiger partial charge in [0.25, 0.3) is 0 Å². The Bertz CT molecular complexity index is 4720. The minimum atomic E-state index is 0.335. The molecule has 0 saturated heterocycles. The van der Waals surface area contributed by atoms with E-state index in [2.05, 4.69) is 267 Å². The summed E-state index contributed by atoms with van der Waals surface area (Å²) in [6, 6.07) is 99.0. The van der Waals surface area contributed by atoms with Crippen molar-refractivity contribution in [3.8, 4) is 55.6 Å². The molecular weight excluding hydrogens is 1100 g/mol. The number of hydrogen-bond donors (Lipinski definition) is 0. The quantitative estimate of drug-likeness (QED) is 0.119. The molecule has 3 aromatic heterocycles. The molecule has 0 nitrogen and oxygen atoms in total. The number of fused-ring (bicyclic) bond motifs is 15. The van der Waals surface area contributed by atoms with Crippen LogP contribution in [-0.4, -0.2) is 43.5 Å². The number of hydrogen-bond acceptors (Lipinski definition) is 0. The van der Waals surface area contributed by atoms with Gasteiger partial charge in [0.2, 0.25) is 0 Å². The van der Waals surface area contributed by atoms with Crippen LogP contribution in [0.5, 0.6) is 0 Å². The Morgan fingerprint density at radius 1 is 0.160 bits per heavy atom. The molecule has 0 N–H and O–H groups in total. The van der Waals surface area contributed by atoms with E-state index < -0.39 is 0 Å². The SMILES string of the molecule is c1cc(-c2ccc3c4ccccc4c4ccccc4c3c2)cc(-c2cccc3c2[se]c2ccccc23)c1.c1cc(-c2cccc(-c3cccc4c3[se]c3ccccc34)c2)cc(-c2cccc3c2[se]c2ccccc23)c1. The molecule has 0 spiro atoms. The third-order valence-electron chi connectivity index (χ3n) is 15.1. The van der Waals surface area contributed by atoms with Crippen LogP contribution in [0.3, 0.4) is 0 Å². The van der Waals surface area contributed by atoms with Crippen LogP contribution in [0.2, 0.25) is 0 Å². The predicted octanol–water partition coefficient (Wildman–Crippen LogP) is 19.3. The Morgan fingerprint density at radius 2 is 0.427 bits per heavy atom. The molecule has 0 bridgehead atoms. The number of benzene rings is 13. The van der Waals surface area contributed by atoms with Gasteiger partial charge in [-0.05, 0) is 0 Å². The van der Waals surface area contributed by atoms with Crippen molar-refractivity contribution < 1.29 is 0 Å². The van der Waals surface area contributed by atoms with Gasteiger partial charge < -0.3 is 0 Å². The van der Waals surface area contributed by atoms with Gasteiger partial charge in [-0.1, -0.05) is 6.07 Å². The summed E-state index contributed by atoms with van der Waals surface area (Å²) < 4.78 is 8.99. The monoisotopic (exact) mass is 1150 g/mol. The third-order valence-corrected chi connectivity index (χ3v) is 22.8. The van der Waals surface area contributed by atoms with Crippen molar-refractivity contribution in [2.24, 2.45) is 0 Å². The van der Waals surface area contributed by atoms with Crippen molar-refractivity contribution in [2.75, 3.05) is 0 Å². The van der Waals surface area contributed by atoms with E-state index >= 15 is 0 Å². The van der Waals surface area contributed by atoms with E-state index in [0.717, 1.165) is 0 Å². The minimum absolute atomic E-state index is 0.335. The Hall–Kier alpha value is -7.80. The average molecular weight is 1150 g/mol. The summed E-state index contributed by atoms with van der Waals surface area (Å²) in [4.78, 5) is 0. The van der Waals surface area contributed by atoms with Crippen LogP contribution in [-0.2, 0) is 0 Å². The molecule has 3 heteroatoms. The summed E-state index contributed by atoms with van der Waals surface area (Å²) in [6.45, 7) is 0. The van der Waals surface area contributed by atoms with Gasteiger partial charge >= 0.3 is 450 Å². The second-order valence-corrected chi connectivity index (χ2v) is 26.1. The molecule has 3 heterocycles. The van der Waals surface area contributed by atoms with E-state index in [1.54, 1.807) is 0 Å².